The van der Waals surface area contributed by atoms with Crippen LogP contribution < -0.4 is 16.0 Å². The van der Waals surface area contributed by atoms with Crippen molar-refractivity contribution >= 4 is 29.7 Å². The zero-order valence-corrected chi connectivity index (χ0v) is 52.7. The first kappa shape index (κ1) is 82.2. The molecule has 7 fully saturated rings. The molecule has 0 spiro atoms. The standard InChI is InChI=1S/C54H89N3O42/c1-13(64)55-25-35(78)32(75)20(8-60)89-47(25)94-40-23(11-63)91-48(27(57-15(3)66)42(40)97-54(52(85)86)5-17(68)29(72)45(99-54)31(74)19(70)7-59)96-43-33(76)21(9-61)90-50(38(43)81)93-39-22(10-62)92-49(37(80)36(39)79)95-41-26(56-14(2)65)46(82)88-24(34(41)77)12-87-53(51(83)84)4-16(67)28(71)44(98-53)30(73)18(69)6-58/h16-50,58-63,67-82H,4-12H2,1-3H3,(H,55,64)(H,56,65)(H,57,66)(H,83,84)(H,85,86)/t16-,17-,18+,19+,20+,21+,22+,23+,24+,25+,26+,27+,28+,29+,30+,31+,32+,33-,34-,35+,36+,37+,38+,39-,40-,41+,42+,43-,44+,45+,46?,47-,48-,49-,50-,53+,54+/m0/s1. The Balaban J connectivity index is 1.18. The third kappa shape index (κ3) is 17.9. The van der Waals surface area contributed by atoms with E-state index in [0.29, 0.717) is 0 Å². The lowest BCUT2D eigenvalue weighted by molar-refractivity contribution is -0.397. The third-order valence-electron chi connectivity index (χ3n) is 17.7. The van der Waals surface area contributed by atoms with Crippen molar-refractivity contribution in [3.8, 4) is 0 Å². The van der Waals surface area contributed by atoms with Crippen molar-refractivity contribution in [2.24, 2.45) is 0 Å². The van der Waals surface area contributed by atoms with E-state index in [2.05, 4.69) is 16.0 Å². The maximum Gasteiger partial charge on any atom is 0.364 e. The first-order valence-electron chi connectivity index (χ1n) is 30.9. The van der Waals surface area contributed by atoms with Gasteiger partial charge in [-0.15, -0.1) is 0 Å². The summed E-state index contributed by atoms with van der Waals surface area (Å²) in [5.41, 5.74) is 0. The second-order valence-electron chi connectivity index (χ2n) is 24.7. The van der Waals surface area contributed by atoms with Gasteiger partial charge in [0.15, 0.2) is 31.5 Å². The van der Waals surface area contributed by atoms with E-state index in [0.717, 1.165) is 20.8 Å². The minimum Gasteiger partial charge on any atom is -0.477 e. The number of hydrogen-bond donors (Lipinski definition) is 27. The predicted molar refractivity (Wildman–Crippen MR) is 301 cm³/mol. The number of carboxylic acid groups (broad SMARTS) is 2. The Kier molecular flexibility index (Phi) is 28.8. The van der Waals surface area contributed by atoms with Crippen molar-refractivity contribution in [1.82, 2.24) is 16.0 Å². The van der Waals surface area contributed by atoms with Crippen molar-refractivity contribution in [3.63, 3.8) is 0 Å². The zero-order valence-electron chi connectivity index (χ0n) is 52.7. The fourth-order valence-corrected chi connectivity index (χ4v) is 12.4. The van der Waals surface area contributed by atoms with Crippen LogP contribution in [0, 0.1) is 0 Å². The highest BCUT2D eigenvalue weighted by Gasteiger charge is 2.63. The van der Waals surface area contributed by atoms with Gasteiger partial charge in [0.1, 0.15) is 171 Å². The molecule has 0 aromatic rings. The molecule has 0 bridgehead atoms. The van der Waals surface area contributed by atoms with E-state index >= 15 is 0 Å². The molecule has 45 nitrogen and oxygen atoms in total. The zero-order chi connectivity index (χ0) is 73.8. The summed E-state index contributed by atoms with van der Waals surface area (Å²) in [7, 11) is 0. The van der Waals surface area contributed by atoms with Crippen LogP contribution in [0.2, 0.25) is 0 Å². The molecule has 7 rings (SSSR count). The molecule has 7 heterocycles. The quantitative estimate of drug-likeness (QED) is 0.0346. The SMILES string of the molecule is CC(=O)N[C@H]1[C@H](O[C@@H]2[C@H](O[C@]3(C(=O)O)C[C@H](O)[C@@H](O)[C@H]([C@H](O)[C@H](O)CO)O3)[C@@H](NC(C)=O)[C@H](O[C@H]3[C@@H](O)[C@@H](CO)O[C@@H](O[C@@H]4[C@H](O)[C@@H](O)[C@H](O[C@H]5[C@@H](O)[C@@H](CO[C@]6(C(=O)O)C[C@H](O)[C@@H](O)[C@H]([C@H](O)[C@H](O)CO)O6)OC(O)[C@@H]5NC(C)=O)O[C@@H]4CO)[C@@H]3O)O[C@@H]2CO)O[C@H](CO)[C@@H](O)[C@@H]1O. The Labute approximate surface area is 558 Å². The van der Waals surface area contributed by atoms with E-state index in [9.17, 15) is 147 Å². The molecule has 1 unspecified atom stereocenters. The smallest absolute Gasteiger partial charge is 0.364 e. The van der Waals surface area contributed by atoms with Gasteiger partial charge in [-0.2, -0.15) is 0 Å². The molecule has 37 atom stereocenters. The lowest BCUT2D eigenvalue weighted by Gasteiger charge is -2.53. The number of aliphatic hydroxyl groups excluding tert-OH is 22. The number of rotatable bonds is 28. The Morgan fingerprint density at radius 3 is 1.33 bits per heavy atom. The van der Waals surface area contributed by atoms with Gasteiger partial charge in [0.2, 0.25) is 17.7 Å². The van der Waals surface area contributed by atoms with Crippen LogP contribution in [-0.2, 0) is 85.6 Å². The van der Waals surface area contributed by atoms with Crippen LogP contribution in [0.1, 0.15) is 33.6 Å². The largest absolute Gasteiger partial charge is 0.477 e. The van der Waals surface area contributed by atoms with Crippen LogP contribution >= 0.6 is 0 Å². The molecule has 0 aliphatic carbocycles. The van der Waals surface area contributed by atoms with Crippen molar-refractivity contribution in [2.45, 2.75) is 260 Å². The summed E-state index contributed by atoms with van der Waals surface area (Å²) in [6, 6.07) is -5.94. The van der Waals surface area contributed by atoms with Gasteiger partial charge in [0.25, 0.3) is 11.6 Å². The number of amides is 3. The normalized spacial score (nSPS) is 45.7. The van der Waals surface area contributed by atoms with E-state index in [-0.39, 0.29) is 0 Å². The average molecular weight is 1450 g/mol. The molecule has 0 aromatic carbocycles. The molecule has 7 aliphatic rings. The summed E-state index contributed by atoms with van der Waals surface area (Å²) in [6.45, 7) is -5.66. The van der Waals surface area contributed by atoms with E-state index in [1.165, 1.54) is 0 Å². The van der Waals surface area contributed by atoms with Gasteiger partial charge < -0.3 is 200 Å². The molecule has 27 N–H and O–H groups in total. The molecule has 0 saturated carbocycles. The van der Waals surface area contributed by atoms with Gasteiger partial charge in [-0.1, -0.05) is 0 Å². The van der Waals surface area contributed by atoms with E-state index in [1.807, 2.05) is 0 Å². The van der Waals surface area contributed by atoms with Crippen LogP contribution in [0.25, 0.3) is 0 Å². The van der Waals surface area contributed by atoms with Gasteiger partial charge in [-0.05, 0) is 0 Å². The Bertz CT molecular complexity index is 2650. The minimum absolute atomic E-state index is 0.841. The minimum atomic E-state index is -3.43. The second kappa shape index (κ2) is 34.7. The number of aliphatic hydroxyl groups is 22. The number of nitrogens with one attached hydrogen (secondary N) is 3. The van der Waals surface area contributed by atoms with Gasteiger partial charge in [-0.3, -0.25) is 14.4 Å². The number of hydrogen-bond acceptors (Lipinski definition) is 40. The maximum absolute atomic E-state index is 13.6. The highest BCUT2D eigenvalue weighted by Crippen LogP contribution is 2.42. The van der Waals surface area contributed by atoms with Crippen molar-refractivity contribution in [2.75, 3.05) is 46.2 Å². The van der Waals surface area contributed by atoms with Crippen LogP contribution in [0.4, 0.5) is 0 Å². The Morgan fingerprint density at radius 2 is 0.818 bits per heavy atom. The summed E-state index contributed by atoms with van der Waals surface area (Å²) in [5, 5.41) is 267. The predicted octanol–water partition coefficient (Wildman–Crippen LogP) is -17.4. The van der Waals surface area contributed by atoms with Crippen molar-refractivity contribution < 1.29 is 208 Å². The van der Waals surface area contributed by atoms with Crippen molar-refractivity contribution in [1.29, 1.82) is 0 Å². The maximum atomic E-state index is 13.6. The number of carboxylic acids is 2. The third-order valence-corrected chi connectivity index (χ3v) is 17.7. The molecule has 3 amide bonds. The van der Waals surface area contributed by atoms with Crippen LogP contribution in [0.15, 0.2) is 0 Å². The highest BCUT2D eigenvalue weighted by atomic mass is 16.8. The Hall–Kier alpha value is -4.05. The summed E-state index contributed by atoms with van der Waals surface area (Å²) in [6.07, 6.45) is -72.9. The van der Waals surface area contributed by atoms with E-state index in [1.54, 1.807) is 0 Å². The fourth-order valence-electron chi connectivity index (χ4n) is 12.4. The molecule has 99 heavy (non-hydrogen) atoms. The molecule has 7 aliphatic heterocycles. The molecular formula is C54H89N3O42. The molecule has 572 valence electrons. The highest BCUT2D eigenvalue weighted by molar-refractivity contribution is 5.77. The van der Waals surface area contributed by atoms with Crippen LogP contribution in [0.3, 0.4) is 0 Å². The summed E-state index contributed by atoms with van der Waals surface area (Å²) >= 11 is 0. The van der Waals surface area contributed by atoms with E-state index in [4.69, 9.17) is 61.6 Å². The second-order valence-corrected chi connectivity index (χ2v) is 24.7. The van der Waals surface area contributed by atoms with Gasteiger partial charge >= 0.3 is 11.9 Å². The summed E-state index contributed by atoms with van der Waals surface area (Å²) in [4.78, 5) is 64.6. The van der Waals surface area contributed by atoms with Crippen LogP contribution in [0.5, 0.6) is 0 Å². The van der Waals surface area contributed by atoms with Gasteiger partial charge in [0.05, 0.1) is 58.5 Å². The van der Waals surface area contributed by atoms with Crippen molar-refractivity contribution in [3.05, 3.63) is 0 Å². The number of carbonyl (C=O) groups is 5. The number of ether oxygens (including phenoxy) is 13. The molecule has 45 heteroatoms. The topological polar surface area (TPSA) is 727 Å². The fraction of sp³-hybridized carbons (Fsp3) is 0.907. The van der Waals surface area contributed by atoms with Gasteiger partial charge in [0, 0.05) is 33.6 Å². The lowest BCUT2D eigenvalue weighted by Crippen LogP contribution is -2.73. The van der Waals surface area contributed by atoms with E-state index < -0.39 is 315 Å². The molecular weight excluding hydrogens is 1360 g/mol. The summed E-state index contributed by atoms with van der Waals surface area (Å²) < 4.78 is 75.4. The van der Waals surface area contributed by atoms with Crippen LogP contribution in [-0.4, -0.2) is 424 Å². The molecule has 0 radical (unpaired) electrons. The monoisotopic (exact) mass is 1450 g/mol. The molecule has 7 saturated heterocycles. The summed E-state index contributed by atoms with van der Waals surface area (Å²) in [5.74, 6) is -13.7. The lowest BCUT2D eigenvalue weighted by atomic mass is 9.89. The number of carbonyl (C=O) groups excluding carboxylic acids is 3. The average Bonchev–Trinajstić information content (AvgIpc) is 0.744. The van der Waals surface area contributed by atoms with Gasteiger partial charge in [-0.25, -0.2) is 9.59 Å². The first-order chi connectivity index (χ1) is 46.5. The first-order valence-corrected chi connectivity index (χ1v) is 30.9. The molecule has 0 aromatic heterocycles. The Morgan fingerprint density at radius 1 is 0.414 bits per heavy atom. The number of aliphatic carboxylic acids is 2.